The number of sulfonamides is 1. The van der Waals surface area contributed by atoms with Gasteiger partial charge in [-0.05, 0) is 25.0 Å². The fourth-order valence-corrected chi connectivity index (χ4v) is 3.92. The number of anilines is 1. The third-order valence-electron chi connectivity index (χ3n) is 3.59. The van der Waals surface area contributed by atoms with E-state index in [1.807, 2.05) is 6.92 Å². The number of rotatable bonds is 7. The predicted molar refractivity (Wildman–Crippen MR) is 81.3 cm³/mol. The molecule has 1 aromatic heterocycles. The van der Waals surface area contributed by atoms with Crippen LogP contribution in [-0.2, 0) is 10.0 Å². The number of nitrogens with one attached hydrogen (secondary N) is 1. The highest BCUT2D eigenvalue weighted by molar-refractivity contribution is 7.89. The first-order chi connectivity index (χ1) is 10.0. The van der Waals surface area contributed by atoms with Crippen LogP contribution in [0.25, 0.3) is 0 Å². The topological polar surface area (TPSA) is 62.3 Å². The Morgan fingerprint density at radius 1 is 1.48 bits per heavy atom. The van der Waals surface area contributed by atoms with Crippen molar-refractivity contribution < 1.29 is 12.8 Å². The van der Waals surface area contributed by atoms with Crippen LogP contribution in [0.4, 0.5) is 10.2 Å². The normalized spacial score (nSPS) is 19.1. The molecule has 1 aliphatic rings. The Hall–Kier alpha value is -1.21. The molecule has 7 heteroatoms. The summed E-state index contributed by atoms with van der Waals surface area (Å²) in [6.45, 7) is 3.10. The highest BCUT2D eigenvalue weighted by atomic mass is 32.2. The number of aromatic nitrogens is 1. The van der Waals surface area contributed by atoms with Crippen LogP contribution >= 0.6 is 0 Å². The molecule has 0 bridgehead atoms. The van der Waals surface area contributed by atoms with Crippen molar-refractivity contribution in [3.05, 3.63) is 24.1 Å². The number of hydrogen-bond acceptors (Lipinski definition) is 4. The lowest BCUT2D eigenvalue weighted by Gasteiger charge is -2.18. The van der Waals surface area contributed by atoms with E-state index >= 15 is 0 Å². The average molecular weight is 315 g/mol. The van der Waals surface area contributed by atoms with Gasteiger partial charge in [-0.3, -0.25) is 0 Å². The third kappa shape index (κ3) is 4.64. The summed E-state index contributed by atoms with van der Waals surface area (Å²) in [6.07, 6.45) is 4.79. The van der Waals surface area contributed by atoms with E-state index in [1.165, 1.54) is 6.07 Å². The van der Waals surface area contributed by atoms with E-state index in [0.717, 1.165) is 12.8 Å². The van der Waals surface area contributed by atoms with Crippen molar-refractivity contribution >= 4 is 15.8 Å². The minimum atomic E-state index is -3.24. The van der Waals surface area contributed by atoms with Gasteiger partial charge in [0, 0.05) is 25.3 Å². The summed E-state index contributed by atoms with van der Waals surface area (Å²) < 4.78 is 40.3. The summed E-state index contributed by atoms with van der Waals surface area (Å²) >= 11 is 0. The van der Waals surface area contributed by atoms with Gasteiger partial charge in [0.25, 0.3) is 0 Å². The SMILES string of the molecule is CCCCCS(=O)(=O)N[C@@H]1CCN(c2ncccc2F)C1. The van der Waals surface area contributed by atoms with Gasteiger partial charge in [-0.2, -0.15) is 0 Å². The van der Waals surface area contributed by atoms with Gasteiger partial charge < -0.3 is 4.90 Å². The van der Waals surface area contributed by atoms with Crippen LogP contribution in [0.15, 0.2) is 18.3 Å². The Bertz CT molecular complexity index is 565. The molecule has 1 N–H and O–H groups in total. The first kappa shape index (κ1) is 16.2. The zero-order valence-electron chi connectivity index (χ0n) is 12.3. The second kappa shape index (κ2) is 7.17. The quantitative estimate of drug-likeness (QED) is 0.781. The van der Waals surface area contributed by atoms with Gasteiger partial charge in [0.15, 0.2) is 11.6 Å². The van der Waals surface area contributed by atoms with Gasteiger partial charge in [0.1, 0.15) is 0 Å². The van der Waals surface area contributed by atoms with Crippen molar-refractivity contribution in [2.24, 2.45) is 0 Å². The summed E-state index contributed by atoms with van der Waals surface area (Å²) in [7, 11) is -3.24. The number of nitrogens with zero attached hydrogens (tertiary/aromatic N) is 2. The molecule has 1 aromatic rings. The van der Waals surface area contributed by atoms with Gasteiger partial charge in [-0.15, -0.1) is 0 Å². The molecule has 0 saturated carbocycles. The smallest absolute Gasteiger partial charge is 0.211 e. The van der Waals surface area contributed by atoms with Crippen LogP contribution in [0, 0.1) is 5.82 Å². The molecule has 0 aromatic carbocycles. The largest absolute Gasteiger partial charge is 0.353 e. The Kier molecular flexibility index (Phi) is 5.52. The maximum Gasteiger partial charge on any atom is 0.211 e. The lowest BCUT2D eigenvalue weighted by atomic mass is 10.3. The zero-order chi connectivity index (χ0) is 15.3. The van der Waals surface area contributed by atoms with E-state index in [2.05, 4.69) is 9.71 Å². The van der Waals surface area contributed by atoms with Crippen LogP contribution in [0.3, 0.4) is 0 Å². The van der Waals surface area contributed by atoms with Crippen molar-refractivity contribution in [3.8, 4) is 0 Å². The highest BCUT2D eigenvalue weighted by Crippen LogP contribution is 2.21. The number of pyridine rings is 1. The van der Waals surface area contributed by atoms with Gasteiger partial charge in [0.05, 0.1) is 5.75 Å². The number of hydrogen-bond donors (Lipinski definition) is 1. The van der Waals surface area contributed by atoms with E-state index < -0.39 is 10.0 Å². The van der Waals surface area contributed by atoms with Crippen LogP contribution in [0.2, 0.25) is 0 Å². The molecule has 1 aliphatic heterocycles. The Labute approximate surface area is 125 Å². The van der Waals surface area contributed by atoms with Crippen LogP contribution in [-0.4, -0.2) is 38.3 Å². The maximum atomic E-state index is 13.7. The standard InChI is InChI=1S/C14H22FN3O2S/c1-2-3-4-10-21(19,20)17-12-7-9-18(11-12)14-13(15)6-5-8-16-14/h5-6,8,12,17H,2-4,7,9-11H2,1H3/t12-/m1/s1. The minimum absolute atomic E-state index is 0.162. The van der Waals surface area contributed by atoms with Crippen LogP contribution in [0.5, 0.6) is 0 Å². The van der Waals surface area contributed by atoms with Crippen molar-refractivity contribution in [1.82, 2.24) is 9.71 Å². The fourth-order valence-electron chi connectivity index (χ4n) is 2.51. The summed E-state index contributed by atoms with van der Waals surface area (Å²) in [4.78, 5) is 5.81. The van der Waals surface area contributed by atoms with E-state index in [4.69, 9.17) is 0 Å². The summed E-state index contributed by atoms with van der Waals surface area (Å²) in [5.74, 6) is 0.0871. The van der Waals surface area contributed by atoms with Crippen molar-refractivity contribution in [2.75, 3.05) is 23.7 Å². The minimum Gasteiger partial charge on any atom is -0.353 e. The first-order valence-corrected chi connectivity index (χ1v) is 9.02. The molecule has 21 heavy (non-hydrogen) atoms. The zero-order valence-corrected chi connectivity index (χ0v) is 13.1. The molecule has 0 aliphatic carbocycles. The predicted octanol–water partition coefficient (Wildman–Crippen LogP) is 1.91. The van der Waals surface area contributed by atoms with Crippen molar-refractivity contribution in [2.45, 2.75) is 38.6 Å². The molecular weight excluding hydrogens is 293 g/mol. The number of unbranched alkanes of at least 4 members (excludes halogenated alkanes) is 2. The Morgan fingerprint density at radius 2 is 2.29 bits per heavy atom. The average Bonchev–Trinajstić information content (AvgIpc) is 2.87. The van der Waals surface area contributed by atoms with E-state index in [9.17, 15) is 12.8 Å². The molecule has 1 saturated heterocycles. The Balaban J connectivity index is 1.89. The third-order valence-corrected chi connectivity index (χ3v) is 5.11. The van der Waals surface area contributed by atoms with Crippen LogP contribution < -0.4 is 9.62 Å². The molecule has 1 fully saturated rings. The van der Waals surface area contributed by atoms with E-state index in [-0.39, 0.29) is 17.6 Å². The molecule has 0 radical (unpaired) electrons. The van der Waals surface area contributed by atoms with Gasteiger partial charge in [0.2, 0.25) is 10.0 Å². The molecule has 0 unspecified atom stereocenters. The van der Waals surface area contributed by atoms with Gasteiger partial charge >= 0.3 is 0 Å². The maximum absolute atomic E-state index is 13.7. The molecule has 5 nitrogen and oxygen atoms in total. The second-order valence-electron chi connectivity index (χ2n) is 5.38. The molecular formula is C14H22FN3O2S. The monoisotopic (exact) mass is 315 g/mol. The van der Waals surface area contributed by atoms with Gasteiger partial charge in [-0.25, -0.2) is 22.5 Å². The molecule has 2 heterocycles. The lowest BCUT2D eigenvalue weighted by molar-refractivity contribution is 0.557. The van der Waals surface area contributed by atoms with E-state index in [1.54, 1.807) is 17.2 Å². The summed E-state index contributed by atoms with van der Waals surface area (Å²) in [5, 5.41) is 0. The fraction of sp³-hybridized carbons (Fsp3) is 0.643. The summed E-state index contributed by atoms with van der Waals surface area (Å²) in [6, 6.07) is 2.74. The van der Waals surface area contributed by atoms with Crippen molar-refractivity contribution in [3.63, 3.8) is 0 Å². The second-order valence-corrected chi connectivity index (χ2v) is 7.26. The molecule has 0 amide bonds. The molecule has 1 atom stereocenters. The van der Waals surface area contributed by atoms with Gasteiger partial charge in [-0.1, -0.05) is 19.8 Å². The lowest BCUT2D eigenvalue weighted by Crippen LogP contribution is -2.38. The van der Waals surface area contributed by atoms with Crippen molar-refractivity contribution in [1.29, 1.82) is 0 Å². The highest BCUT2D eigenvalue weighted by Gasteiger charge is 2.28. The first-order valence-electron chi connectivity index (χ1n) is 7.37. The number of halogens is 1. The van der Waals surface area contributed by atoms with E-state index in [0.29, 0.717) is 31.7 Å². The molecule has 0 spiro atoms. The van der Waals surface area contributed by atoms with Crippen LogP contribution in [0.1, 0.15) is 32.6 Å². The summed E-state index contributed by atoms with van der Waals surface area (Å²) in [5.41, 5.74) is 0. The molecule has 2 rings (SSSR count). The Morgan fingerprint density at radius 3 is 3.00 bits per heavy atom. The molecule has 118 valence electrons.